The van der Waals surface area contributed by atoms with Crippen LogP contribution in [0, 0.1) is 0 Å². The Kier molecular flexibility index (Phi) is 0.974. The van der Waals surface area contributed by atoms with Gasteiger partial charge in [-0.2, -0.15) is 0 Å². The van der Waals surface area contributed by atoms with Gasteiger partial charge >= 0.3 is 0 Å². The van der Waals surface area contributed by atoms with Crippen LogP contribution >= 0.6 is 0 Å². The fraction of sp³-hybridized carbons (Fsp3) is 0.143. The summed E-state index contributed by atoms with van der Waals surface area (Å²) >= 11 is 0. The molecule has 3 nitrogen and oxygen atoms in total. The molecule has 0 fully saturated rings. The lowest BCUT2D eigenvalue weighted by atomic mass is 10.2. The number of hydrogen-bond acceptors (Lipinski definition) is 3. The predicted octanol–water partition coefficient (Wildman–Crippen LogP) is 0.628. The third kappa shape index (κ3) is 0.603. The topological polar surface area (TPSA) is 51.8 Å². The first-order valence-electron chi connectivity index (χ1n) is 3.14. The van der Waals surface area contributed by atoms with E-state index in [0.29, 0.717) is 5.82 Å². The van der Waals surface area contributed by atoms with Crippen molar-refractivity contribution in [1.29, 1.82) is 0 Å². The molecule has 1 aliphatic rings. The van der Waals surface area contributed by atoms with Crippen molar-refractivity contribution >= 4 is 11.9 Å². The van der Waals surface area contributed by atoms with Gasteiger partial charge in [0.1, 0.15) is 12.1 Å². The standard InChI is InChI=1S/C7H7N3/c8-7-5-2-1-3-6(5)9-4-10-7/h1-2,4H,3H2,(H2,8,9,10). The Morgan fingerprint density at radius 1 is 1.40 bits per heavy atom. The van der Waals surface area contributed by atoms with E-state index in [0.717, 1.165) is 17.7 Å². The van der Waals surface area contributed by atoms with Gasteiger partial charge in [0.2, 0.25) is 0 Å². The number of nitrogen functional groups attached to an aromatic ring is 1. The van der Waals surface area contributed by atoms with E-state index in [-0.39, 0.29) is 0 Å². The molecule has 0 saturated heterocycles. The second-order valence-corrected chi connectivity index (χ2v) is 2.23. The summed E-state index contributed by atoms with van der Waals surface area (Å²) in [6.07, 6.45) is 6.39. The first-order valence-corrected chi connectivity index (χ1v) is 3.14. The monoisotopic (exact) mass is 133 g/mol. The number of allylic oxidation sites excluding steroid dienone is 1. The zero-order valence-corrected chi connectivity index (χ0v) is 5.41. The van der Waals surface area contributed by atoms with Gasteiger partial charge in [0.05, 0.1) is 5.69 Å². The van der Waals surface area contributed by atoms with E-state index in [1.165, 1.54) is 6.33 Å². The largest absolute Gasteiger partial charge is 0.383 e. The molecular weight excluding hydrogens is 126 g/mol. The second kappa shape index (κ2) is 1.80. The van der Waals surface area contributed by atoms with Crippen LogP contribution in [0.5, 0.6) is 0 Å². The smallest absolute Gasteiger partial charge is 0.134 e. The summed E-state index contributed by atoms with van der Waals surface area (Å²) in [6.45, 7) is 0. The maximum absolute atomic E-state index is 5.57. The zero-order chi connectivity index (χ0) is 6.97. The van der Waals surface area contributed by atoms with Gasteiger partial charge in [-0.05, 0) is 0 Å². The number of anilines is 1. The Hall–Kier alpha value is -1.38. The lowest BCUT2D eigenvalue weighted by Gasteiger charge is -1.97. The van der Waals surface area contributed by atoms with Gasteiger partial charge in [0, 0.05) is 12.0 Å². The summed E-state index contributed by atoms with van der Waals surface area (Å²) < 4.78 is 0. The van der Waals surface area contributed by atoms with E-state index in [1.807, 2.05) is 12.2 Å². The molecule has 0 aromatic carbocycles. The molecule has 1 aromatic rings. The Balaban J connectivity index is 2.67. The minimum absolute atomic E-state index is 0.582. The minimum atomic E-state index is 0.582. The first kappa shape index (κ1) is 5.41. The van der Waals surface area contributed by atoms with Gasteiger partial charge in [-0.15, -0.1) is 0 Å². The molecule has 0 amide bonds. The van der Waals surface area contributed by atoms with Crippen molar-refractivity contribution in [2.45, 2.75) is 6.42 Å². The third-order valence-electron chi connectivity index (χ3n) is 1.59. The highest BCUT2D eigenvalue weighted by Gasteiger charge is 2.08. The summed E-state index contributed by atoms with van der Waals surface area (Å²) in [5.41, 5.74) is 7.59. The Morgan fingerprint density at radius 3 is 3.10 bits per heavy atom. The highest BCUT2D eigenvalue weighted by atomic mass is 14.9. The normalized spacial score (nSPS) is 13.6. The molecular formula is C7H7N3. The lowest BCUT2D eigenvalue weighted by Crippen LogP contribution is -1.97. The van der Waals surface area contributed by atoms with Gasteiger partial charge in [0.15, 0.2) is 0 Å². The summed E-state index contributed by atoms with van der Waals surface area (Å²) in [4.78, 5) is 7.93. The van der Waals surface area contributed by atoms with Crippen LogP contribution in [0.2, 0.25) is 0 Å². The molecule has 2 N–H and O–H groups in total. The SMILES string of the molecule is Nc1ncnc2c1C=CC2. The summed E-state index contributed by atoms with van der Waals surface area (Å²) in [5.74, 6) is 0.582. The van der Waals surface area contributed by atoms with E-state index in [9.17, 15) is 0 Å². The number of nitrogens with two attached hydrogens (primary N) is 1. The molecule has 0 atom stereocenters. The molecule has 10 heavy (non-hydrogen) atoms. The molecule has 0 bridgehead atoms. The molecule has 1 aromatic heterocycles. The second-order valence-electron chi connectivity index (χ2n) is 2.23. The Labute approximate surface area is 58.6 Å². The number of rotatable bonds is 0. The minimum Gasteiger partial charge on any atom is -0.383 e. The van der Waals surface area contributed by atoms with Crippen LogP contribution in [0.4, 0.5) is 5.82 Å². The third-order valence-corrected chi connectivity index (χ3v) is 1.59. The maximum Gasteiger partial charge on any atom is 0.134 e. The van der Waals surface area contributed by atoms with Crippen LogP contribution in [0.1, 0.15) is 11.3 Å². The highest BCUT2D eigenvalue weighted by molar-refractivity contribution is 5.66. The number of fused-ring (bicyclic) bond motifs is 1. The predicted molar refractivity (Wildman–Crippen MR) is 39.2 cm³/mol. The van der Waals surface area contributed by atoms with Crippen molar-refractivity contribution in [2.24, 2.45) is 0 Å². The molecule has 1 aliphatic carbocycles. The summed E-state index contributed by atoms with van der Waals surface area (Å²) in [6, 6.07) is 0. The first-order chi connectivity index (χ1) is 4.88. The van der Waals surface area contributed by atoms with Crippen molar-refractivity contribution in [3.63, 3.8) is 0 Å². The molecule has 2 rings (SSSR count). The van der Waals surface area contributed by atoms with Gasteiger partial charge in [-0.1, -0.05) is 12.2 Å². The van der Waals surface area contributed by atoms with Crippen LogP contribution < -0.4 is 5.73 Å². The fourth-order valence-electron chi connectivity index (χ4n) is 1.08. The van der Waals surface area contributed by atoms with Gasteiger partial charge < -0.3 is 5.73 Å². The van der Waals surface area contributed by atoms with E-state index in [2.05, 4.69) is 9.97 Å². The van der Waals surface area contributed by atoms with Crippen molar-refractivity contribution < 1.29 is 0 Å². The molecule has 3 heteroatoms. The van der Waals surface area contributed by atoms with E-state index in [1.54, 1.807) is 0 Å². The average Bonchev–Trinajstić information content (AvgIpc) is 2.36. The summed E-state index contributed by atoms with van der Waals surface area (Å²) in [5, 5.41) is 0. The van der Waals surface area contributed by atoms with E-state index >= 15 is 0 Å². The molecule has 0 saturated carbocycles. The van der Waals surface area contributed by atoms with E-state index < -0.39 is 0 Å². The number of hydrogen-bond donors (Lipinski definition) is 1. The molecule has 0 aliphatic heterocycles. The number of aromatic nitrogens is 2. The lowest BCUT2D eigenvalue weighted by molar-refractivity contribution is 1.07. The molecule has 0 radical (unpaired) electrons. The van der Waals surface area contributed by atoms with Gasteiger partial charge in [0.25, 0.3) is 0 Å². The van der Waals surface area contributed by atoms with Crippen LogP contribution in [0.25, 0.3) is 6.08 Å². The maximum atomic E-state index is 5.57. The van der Waals surface area contributed by atoms with E-state index in [4.69, 9.17) is 5.73 Å². The zero-order valence-electron chi connectivity index (χ0n) is 5.41. The Bertz CT molecular complexity index is 291. The van der Waals surface area contributed by atoms with Crippen LogP contribution in [-0.2, 0) is 6.42 Å². The molecule has 50 valence electrons. The Morgan fingerprint density at radius 2 is 2.30 bits per heavy atom. The van der Waals surface area contributed by atoms with Crippen LogP contribution in [0.15, 0.2) is 12.4 Å². The van der Waals surface area contributed by atoms with Gasteiger partial charge in [-0.25, -0.2) is 9.97 Å². The van der Waals surface area contributed by atoms with Crippen molar-refractivity contribution in [3.8, 4) is 0 Å². The molecule has 0 unspecified atom stereocenters. The van der Waals surface area contributed by atoms with Crippen molar-refractivity contribution in [2.75, 3.05) is 5.73 Å². The van der Waals surface area contributed by atoms with Crippen molar-refractivity contribution in [1.82, 2.24) is 9.97 Å². The highest BCUT2D eigenvalue weighted by Crippen LogP contribution is 2.20. The van der Waals surface area contributed by atoms with Gasteiger partial charge in [-0.3, -0.25) is 0 Å². The molecule has 0 spiro atoms. The number of nitrogens with zero attached hydrogens (tertiary/aromatic N) is 2. The quantitative estimate of drug-likeness (QED) is 0.564. The van der Waals surface area contributed by atoms with Crippen LogP contribution in [0.3, 0.4) is 0 Å². The van der Waals surface area contributed by atoms with Crippen LogP contribution in [-0.4, -0.2) is 9.97 Å². The summed E-state index contributed by atoms with van der Waals surface area (Å²) in [7, 11) is 0. The molecule has 1 heterocycles. The van der Waals surface area contributed by atoms with Crippen molar-refractivity contribution in [3.05, 3.63) is 23.7 Å². The average molecular weight is 133 g/mol. The fourth-order valence-corrected chi connectivity index (χ4v) is 1.08.